The number of fused-ring (bicyclic) bond motifs is 1. The molecule has 0 bridgehead atoms. The molecule has 0 unspecified atom stereocenters. The standard InChI is InChI=1S/C15H12N2O2S/c1-10-6-8-11(9-7-10)16-14-12-4-2-3-5-13(12)20-15(14)17(18)19/h2-9,16H,1H3. The zero-order valence-electron chi connectivity index (χ0n) is 10.8. The molecule has 1 heterocycles. The van der Waals surface area contributed by atoms with E-state index in [1.165, 1.54) is 11.3 Å². The van der Waals surface area contributed by atoms with Crippen molar-refractivity contribution in [3.05, 3.63) is 64.2 Å². The lowest BCUT2D eigenvalue weighted by molar-refractivity contribution is -0.379. The van der Waals surface area contributed by atoms with Gasteiger partial charge in [0, 0.05) is 15.8 Å². The van der Waals surface area contributed by atoms with Crippen molar-refractivity contribution < 1.29 is 4.92 Å². The Morgan fingerprint density at radius 3 is 2.50 bits per heavy atom. The van der Waals surface area contributed by atoms with Crippen LogP contribution in [0.15, 0.2) is 48.5 Å². The lowest BCUT2D eigenvalue weighted by atomic mass is 10.2. The van der Waals surface area contributed by atoms with E-state index in [1.807, 2.05) is 55.5 Å². The van der Waals surface area contributed by atoms with Crippen molar-refractivity contribution in [3.8, 4) is 0 Å². The summed E-state index contributed by atoms with van der Waals surface area (Å²) in [7, 11) is 0. The van der Waals surface area contributed by atoms with Gasteiger partial charge in [0.2, 0.25) is 0 Å². The minimum absolute atomic E-state index is 0.145. The van der Waals surface area contributed by atoms with E-state index in [4.69, 9.17) is 0 Å². The summed E-state index contributed by atoms with van der Waals surface area (Å²) < 4.78 is 0.911. The van der Waals surface area contributed by atoms with Gasteiger partial charge in [0.1, 0.15) is 5.69 Å². The van der Waals surface area contributed by atoms with Crippen LogP contribution in [0.5, 0.6) is 0 Å². The van der Waals surface area contributed by atoms with Gasteiger partial charge < -0.3 is 5.32 Å². The van der Waals surface area contributed by atoms with Gasteiger partial charge in [-0.1, -0.05) is 47.2 Å². The van der Waals surface area contributed by atoms with Crippen LogP contribution < -0.4 is 5.32 Å². The summed E-state index contributed by atoms with van der Waals surface area (Å²) in [6, 6.07) is 15.4. The molecule has 0 fully saturated rings. The number of anilines is 2. The first-order valence-electron chi connectivity index (χ1n) is 6.15. The molecule has 100 valence electrons. The first-order chi connectivity index (χ1) is 9.65. The van der Waals surface area contributed by atoms with Crippen LogP contribution in [0.2, 0.25) is 0 Å². The first kappa shape index (κ1) is 12.6. The van der Waals surface area contributed by atoms with Gasteiger partial charge in [-0.05, 0) is 25.1 Å². The highest BCUT2D eigenvalue weighted by atomic mass is 32.1. The van der Waals surface area contributed by atoms with Crippen LogP contribution in [0.4, 0.5) is 16.4 Å². The number of hydrogen-bond acceptors (Lipinski definition) is 4. The van der Waals surface area contributed by atoms with Crippen LogP contribution >= 0.6 is 11.3 Å². The second-order valence-corrected chi connectivity index (χ2v) is 5.56. The number of thiophene rings is 1. The summed E-state index contributed by atoms with van der Waals surface area (Å²) in [5.74, 6) is 0. The quantitative estimate of drug-likeness (QED) is 0.552. The van der Waals surface area contributed by atoms with Crippen molar-refractivity contribution in [3.63, 3.8) is 0 Å². The van der Waals surface area contributed by atoms with Crippen molar-refractivity contribution >= 4 is 37.8 Å². The van der Waals surface area contributed by atoms with Gasteiger partial charge in [0.05, 0.1) is 4.92 Å². The maximum atomic E-state index is 11.2. The molecule has 3 rings (SSSR count). The highest BCUT2D eigenvalue weighted by molar-refractivity contribution is 7.23. The van der Waals surface area contributed by atoms with Crippen LogP contribution in [-0.2, 0) is 0 Å². The van der Waals surface area contributed by atoms with Gasteiger partial charge in [0.25, 0.3) is 0 Å². The second-order valence-electron chi connectivity index (χ2n) is 4.53. The topological polar surface area (TPSA) is 55.2 Å². The molecule has 0 saturated carbocycles. The number of rotatable bonds is 3. The van der Waals surface area contributed by atoms with Crippen molar-refractivity contribution in [2.45, 2.75) is 6.92 Å². The molecule has 2 aromatic carbocycles. The third-order valence-electron chi connectivity index (χ3n) is 3.06. The van der Waals surface area contributed by atoms with Gasteiger partial charge in [-0.25, -0.2) is 0 Å². The molecule has 0 saturated heterocycles. The first-order valence-corrected chi connectivity index (χ1v) is 6.96. The number of nitrogens with one attached hydrogen (secondary N) is 1. The molecule has 0 aliphatic carbocycles. The Morgan fingerprint density at radius 2 is 1.80 bits per heavy atom. The fourth-order valence-corrected chi connectivity index (χ4v) is 3.04. The molecule has 20 heavy (non-hydrogen) atoms. The van der Waals surface area contributed by atoms with E-state index in [0.717, 1.165) is 21.3 Å². The zero-order chi connectivity index (χ0) is 14.1. The largest absolute Gasteiger partial charge is 0.349 e. The van der Waals surface area contributed by atoms with Crippen LogP contribution in [0.25, 0.3) is 10.1 Å². The molecule has 0 spiro atoms. The van der Waals surface area contributed by atoms with E-state index in [2.05, 4.69) is 5.32 Å². The summed E-state index contributed by atoms with van der Waals surface area (Å²) in [4.78, 5) is 10.9. The molecule has 3 aromatic rings. The smallest absolute Gasteiger partial charge is 0.348 e. The Kier molecular flexibility index (Phi) is 3.12. The fraction of sp³-hybridized carbons (Fsp3) is 0.0667. The number of aryl methyl sites for hydroxylation is 1. The summed E-state index contributed by atoms with van der Waals surface area (Å²) in [5.41, 5.74) is 2.57. The Balaban J connectivity index is 2.11. The molecule has 0 radical (unpaired) electrons. The SMILES string of the molecule is Cc1ccc(Nc2c([N+](=O)[O-])sc3ccccc23)cc1. The van der Waals surface area contributed by atoms with Crippen molar-refractivity contribution in [1.29, 1.82) is 0 Å². The summed E-state index contributed by atoms with van der Waals surface area (Å²) >= 11 is 1.19. The van der Waals surface area contributed by atoms with Crippen molar-refractivity contribution in [2.75, 3.05) is 5.32 Å². The van der Waals surface area contributed by atoms with Crippen molar-refractivity contribution in [1.82, 2.24) is 0 Å². The molecule has 5 heteroatoms. The number of nitrogens with zero attached hydrogens (tertiary/aromatic N) is 1. The monoisotopic (exact) mass is 284 g/mol. The van der Waals surface area contributed by atoms with E-state index in [9.17, 15) is 10.1 Å². The third-order valence-corrected chi connectivity index (χ3v) is 4.19. The molecule has 0 atom stereocenters. The van der Waals surface area contributed by atoms with Gasteiger partial charge >= 0.3 is 5.00 Å². The Hall–Kier alpha value is -2.40. The average molecular weight is 284 g/mol. The summed E-state index contributed by atoms with van der Waals surface area (Å²) in [5, 5.41) is 15.4. The zero-order valence-corrected chi connectivity index (χ0v) is 11.6. The molecule has 1 N–H and O–H groups in total. The average Bonchev–Trinajstić information content (AvgIpc) is 2.81. The van der Waals surface area contributed by atoms with Gasteiger partial charge in [-0.2, -0.15) is 0 Å². The summed E-state index contributed by atoms with van der Waals surface area (Å²) in [6.07, 6.45) is 0. The molecular weight excluding hydrogens is 272 g/mol. The Bertz CT molecular complexity index is 778. The minimum Gasteiger partial charge on any atom is -0.349 e. The molecule has 0 aliphatic heterocycles. The normalized spacial score (nSPS) is 10.7. The lowest BCUT2D eigenvalue weighted by Gasteiger charge is -2.05. The van der Waals surface area contributed by atoms with Crippen molar-refractivity contribution in [2.24, 2.45) is 0 Å². The number of benzene rings is 2. The van der Waals surface area contributed by atoms with E-state index in [1.54, 1.807) is 0 Å². The number of nitro groups is 1. The molecular formula is C15H12N2O2S. The van der Waals surface area contributed by atoms with Gasteiger partial charge in [-0.15, -0.1) is 0 Å². The molecule has 0 aliphatic rings. The Labute approximate surface area is 119 Å². The fourth-order valence-electron chi connectivity index (χ4n) is 2.06. The maximum absolute atomic E-state index is 11.2. The predicted octanol–water partition coefficient (Wildman–Crippen LogP) is 4.86. The summed E-state index contributed by atoms with van der Waals surface area (Å²) in [6.45, 7) is 2.01. The minimum atomic E-state index is -0.332. The number of hydrogen-bond donors (Lipinski definition) is 1. The Morgan fingerprint density at radius 1 is 1.10 bits per heavy atom. The van der Waals surface area contributed by atoms with E-state index in [-0.39, 0.29) is 9.92 Å². The van der Waals surface area contributed by atoms with Crippen LogP contribution in [0, 0.1) is 17.0 Å². The highest BCUT2D eigenvalue weighted by Crippen LogP contribution is 2.42. The molecule has 1 aromatic heterocycles. The van der Waals surface area contributed by atoms with Crippen LogP contribution in [0.3, 0.4) is 0 Å². The highest BCUT2D eigenvalue weighted by Gasteiger charge is 2.21. The predicted molar refractivity (Wildman–Crippen MR) is 82.9 cm³/mol. The van der Waals surface area contributed by atoms with E-state index >= 15 is 0 Å². The maximum Gasteiger partial charge on any atom is 0.348 e. The van der Waals surface area contributed by atoms with Gasteiger partial charge in [0.15, 0.2) is 0 Å². The van der Waals surface area contributed by atoms with Crippen LogP contribution in [0.1, 0.15) is 5.56 Å². The molecule has 0 amide bonds. The van der Waals surface area contributed by atoms with E-state index < -0.39 is 0 Å². The van der Waals surface area contributed by atoms with Gasteiger partial charge in [-0.3, -0.25) is 10.1 Å². The van der Waals surface area contributed by atoms with E-state index in [0.29, 0.717) is 5.69 Å². The lowest BCUT2D eigenvalue weighted by Crippen LogP contribution is -1.93. The van der Waals surface area contributed by atoms with Crippen LogP contribution in [-0.4, -0.2) is 4.92 Å². The third kappa shape index (κ3) is 2.23. The molecule has 4 nitrogen and oxygen atoms in total. The second kappa shape index (κ2) is 4.94.